The first-order chi connectivity index (χ1) is 14.3. The van der Waals surface area contributed by atoms with Gasteiger partial charge in [0.15, 0.2) is 5.96 Å². The fourth-order valence-electron chi connectivity index (χ4n) is 4.80. The largest absolute Gasteiger partial charge is 0.487 e. The van der Waals surface area contributed by atoms with E-state index in [1.54, 1.807) is 0 Å². The van der Waals surface area contributed by atoms with E-state index in [-0.39, 0.29) is 11.6 Å². The molecule has 2 fully saturated rings. The number of ether oxygens (including phenoxy) is 3. The molecule has 1 aromatic rings. The minimum atomic E-state index is -0.0129. The lowest BCUT2D eigenvalue weighted by atomic mass is 9.86. The second kappa shape index (κ2) is 9.81. The van der Waals surface area contributed by atoms with Crippen molar-refractivity contribution in [1.29, 1.82) is 0 Å². The number of para-hydroxylation sites is 1. The summed E-state index contributed by atoms with van der Waals surface area (Å²) >= 11 is 0. The van der Waals surface area contributed by atoms with Gasteiger partial charge in [-0.2, -0.15) is 0 Å². The van der Waals surface area contributed by atoms with Crippen LogP contribution in [0.4, 0.5) is 0 Å². The molecular weight excluding hydrogens is 366 g/mol. The van der Waals surface area contributed by atoms with Gasteiger partial charge in [0.25, 0.3) is 0 Å². The summed E-state index contributed by atoms with van der Waals surface area (Å²) in [6, 6.07) is 8.64. The molecule has 29 heavy (non-hydrogen) atoms. The van der Waals surface area contributed by atoms with Crippen molar-refractivity contribution in [2.45, 2.75) is 69.1 Å². The minimum absolute atomic E-state index is 0.0129. The second-order valence-corrected chi connectivity index (χ2v) is 8.49. The van der Waals surface area contributed by atoms with Crippen LogP contribution >= 0.6 is 0 Å². The number of benzene rings is 1. The predicted octanol–water partition coefficient (Wildman–Crippen LogP) is 3.57. The number of guanidine groups is 1. The number of hydrogen-bond donors (Lipinski definition) is 2. The van der Waals surface area contributed by atoms with Crippen LogP contribution in [0.3, 0.4) is 0 Å². The summed E-state index contributed by atoms with van der Waals surface area (Å²) < 4.78 is 17.8. The molecule has 6 nitrogen and oxygen atoms in total. The van der Waals surface area contributed by atoms with Gasteiger partial charge in [0.1, 0.15) is 11.4 Å². The molecule has 2 unspecified atom stereocenters. The number of fused-ring (bicyclic) bond motifs is 1. The summed E-state index contributed by atoms with van der Waals surface area (Å²) in [5, 5.41) is 7.09. The summed E-state index contributed by atoms with van der Waals surface area (Å²) in [7, 11) is 1.83. The lowest BCUT2D eigenvalue weighted by molar-refractivity contribution is 0.0168. The molecule has 0 bridgehead atoms. The molecule has 3 aliphatic rings. The summed E-state index contributed by atoms with van der Waals surface area (Å²) in [5.41, 5.74) is 1.22. The first-order valence-corrected chi connectivity index (χ1v) is 11.2. The van der Waals surface area contributed by atoms with E-state index in [1.165, 1.54) is 18.4 Å². The number of nitrogens with one attached hydrogen (secondary N) is 2. The van der Waals surface area contributed by atoms with Crippen molar-refractivity contribution >= 4 is 5.96 Å². The Balaban J connectivity index is 1.26. The first-order valence-electron chi connectivity index (χ1n) is 11.2. The molecule has 1 saturated carbocycles. The van der Waals surface area contributed by atoms with Crippen molar-refractivity contribution in [1.82, 2.24) is 10.6 Å². The van der Waals surface area contributed by atoms with Crippen LogP contribution in [0.1, 0.15) is 63.0 Å². The fourth-order valence-corrected chi connectivity index (χ4v) is 4.80. The van der Waals surface area contributed by atoms with Crippen LogP contribution in [0.25, 0.3) is 0 Å². The number of nitrogens with zero attached hydrogens (tertiary/aromatic N) is 1. The van der Waals surface area contributed by atoms with Crippen molar-refractivity contribution in [3.63, 3.8) is 0 Å². The van der Waals surface area contributed by atoms with Crippen molar-refractivity contribution in [3.8, 4) is 5.75 Å². The average molecular weight is 402 g/mol. The molecule has 0 amide bonds. The van der Waals surface area contributed by atoms with Gasteiger partial charge in [-0.05, 0) is 51.0 Å². The minimum Gasteiger partial charge on any atom is -0.487 e. The van der Waals surface area contributed by atoms with Crippen molar-refractivity contribution in [2.75, 3.05) is 33.4 Å². The quantitative estimate of drug-likeness (QED) is 0.415. The normalized spacial score (nSPS) is 25.6. The SMILES string of the molecule is CN=C(NCCCOCC1CCCO1)NC1CC2(CCCC2)Oc2ccccc21. The maximum absolute atomic E-state index is 6.47. The molecule has 0 radical (unpaired) electrons. The zero-order valence-electron chi connectivity index (χ0n) is 17.6. The van der Waals surface area contributed by atoms with Gasteiger partial charge in [0.05, 0.1) is 18.8 Å². The van der Waals surface area contributed by atoms with E-state index in [0.29, 0.717) is 12.7 Å². The summed E-state index contributed by atoms with van der Waals surface area (Å²) in [5.74, 6) is 1.87. The van der Waals surface area contributed by atoms with Gasteiger partial charge < -0.3 is 24.8 Å². The van der Waals surface area contributed by atoms with E-state index in [4.69, 9.17) is 14.2 Å². The molecule has 2 atom stereocenters. The number of aliphatic imine (C=N–C) groups is 1. The van der Waals surface area contributed by atoms with Crippen LogP contribution < -0.4 is 15.4 Å². The van der Waals surface area contributed by atoms with Gasteiger partial charge in [-0.15, -0.1) is 0 Å². The molecule has 1 aliphatic carbocycles. The Morgan fingerprint density at radius 2 is 2.10 bits per heavy atom. The molecule has 160 valence electrons. The lowest BCUT2D eigenvalue weighted by Gasteiger charge is -2.40. The van der Waals surface area contributed by atoms with Gasteiger partial charge in [0, 0.05) is 38.8 Å². The molecule has 2 N–H and O–H groups in total. The highest BCUT2D eigenvalue weighted by atomic mass is 16.5. The van der Waals surface area contributed by atoms with Gasteiger partial charge in [-0.1, -0.05) is 18.2 Å². The Bertz CT molecular complexity index is 682. The van der Waals surface area contributed by atoms with Gasteiger partial charge in [0.2, 0.25) is 0 Å². The standard InChI is InChI=1S/C23H35N3O3/c1-24-22(25-13-7-14-27-17-18-8-6-15-28-18)26-20-16-23(11-4-5-12-23)29-21-10-3-2-9-19(20)21/h2-3,9-10,18,20H,4-8,11-17H2,1H3,(H2,24,25,26). The molecule has 0 aromatic heterocycles. The molecule has 1 aromatic carbocycles. The van der Waals surface area contributed by atoms with Gasteiger partial charge in [-0.3, -0.25) is 4.99 Å². The molecule has 1 saturated heterocycles. The fraction of sp³-hybridized carbons (Fsp3) is 0.696. The van der Waals surface area contributed by atoms with E-state index in [0.717, 1.165) is 70.0 Å². The highest BCUT2D eigenvalue weighted by Gasteiger charge is 2.43. The average Bonchev–Trinajstić information content (AvgIpc) is 3.42. The van der Waals surface area contributed by atoms with Crippen LogP contribution in [0, 0.1) is 0 Å². The van der Waals surface area contributed by atoms with E-state index in [2.05, 4.69) is 39.9 Å². The Hall–Kier alpha value is -1.79. The highest BCUT2D eigenvalue weighted by Crippen LogP contribution is 2.46. The third-order valence-corrected chi connectivity index (χ3v) is 6.33. The maximum Gasteiger partial charge on any atom is 0.191 e. The van der Waals surface area contributed by atoms with Crippen LogP contribution in [-0.4, -0.2) is 51.1 Å². The Kier molecular flexibility index (Phi) is 6.93. The third kappa shape index (κ3) is 5.23. The highest BCUT2D eigenvalue weighted by molar-refractivity contribution is 5.80. The maximum atomic E-state index is 6.47. The topological polar surface area (TPSA) is 64.1 Å². The molecule has 4 rings (SSSR count). The molecule has 2 aliphatic heterocycles. The third-order valence-electron chi connectivity index (χ3n) is 6.33. The smallest absolute Gasteiger partial charge is 0.191 e. The summed E-state index contributed by atoms with van der Waals surface area (Å²) in [6.45, 7) is 3.18. The van der Waals surface area contributed by atoms with E-state index < -0.39 is 0 Å². The zero-order chi connectivity index (χ0) is 19.9. The Morgan fingerprint density at radius 1 is 1.24 bits per heavy atom. The molecule has 6 heteroatoms. The van der Waals surface area contributed by atoms with Crippen LogP contribution in [0.2, 0.25) is 0 Å². The van der Waals surface area contributed by atoms with Crippen LogP contribution in [0.5, 0.6) is 5.75 Å². The first kappa shape index (κ1) is 20.5. The van der Waals surface area contributed by atoms with Gasteiger partial charge >= 0.3 is 0 Å². The van der Waals surface area contributed by atoms with Crippen molar-refractivity contribution < 1.29 is 14.2 Å². The molecular formula is C23H35N3O3. The predicted molar refractivity (Wildman–Crippen MR) is 115 cm³/mol. The van der Waals surface area contributed by atoms with E-state index in [1.807, 2.05) is 7.05 Å². The molecule has 1 spiro atoms. The monoisotopic (exact) mass is 401 g/mol. The molecule has 2 heterocycles. The van der Waals surface area contributed by atoms with Crippen molar-refractivity contribution in [3.05, 3.63) is 29.8 Å². The van der Waals surface area contributed by atoms with Crippen LogP contribution in [0.15, 0.2) is 29.3 Å². The summed E-state index contributed by atoms with van der Waals surface area (Å²) in [6.07, 6.45) is 9.34. The van der Waals surface area contributed by atoms with Crippen LogP contribution in [-0.2, 0) is 9.47 Å². The van der Waals surface area contributed by atoms with E-state index in [9.17, 15) is 0 Å². The van der Waals surface area contributed by atoms with Crippen molar-refractivity contribution in [2.24, 2.45) is 4.99 Å². The number of hydrogen-bond acceptors (Lipinski definition) is 4. The number of rotatable bonds is 7. The second-order valence-electron chi connectivity index (χ2n) is 8.49. The summed E-state index contributed by atoms with van der Waals surface area (Å²) in [4.78, 5) is 4.44. The zero-order valence-corrected chi connectivity index (χ0v) is 17.6. The van der Waals surface area contributed by atoms with Gasteiger partial charge in [-0.25, -0.2) is 0 Å². The van der Waals surface area contributed by atoms with E-state index >= 15 is 0 Å². The Labute approximate surface area is 174 Å². The lowest BCUT2D eigenvalue weighted by Crippen LogP contribution is -2.46. The Morgan fingerprint density at radius 3 is 2.90 bits per heavy atom.